The third-order valence-electron chi connectivity index (χ3n) is 11.1. The lowest BCUT2D eigenvalue weighted by Gasteiger charge is -2.35. The van der Waals surface area contributed by atoms with Crippen molar-refractivity contribution in [2.75, 3.05) is 24.1 Å². The summed E-state index contributed by atoms with van der Waals surface area (Å²) in [6.07, 6.45) is 5.48. The highest BCUT2D eigenvalue weighted by atomic mass is 35.5. The summed E-state index contributed by atoms with van der Waals surface area (Å²) in [6, 6.07) is 17.6. The average molecular weight is 867 g/mol. The van der Waals surface area contributed by atoms with Crippen molar-refractivity contribution >= 4 is 57.2 Å². The van der Waals surface area contributed by atoms with Crippen molar-refractivity contribution in [1.29, 1.82) is 0 Å². The molecule has 5 N–H and O–H groups in total. The zero-order chi connectivity index (χ0) is 44.1. The molecule has 17 heteroatoms. The minimum absolute atomic E-state index is 0. The summed E-state index contributed by atoms with van der Waals surface area (Å²) in [7, 11) is 0. The Bertz CT molecular complexity index is 2750. The first kappa shape index (κ1) is 46.5. The first-order chi connectivity index (χ1) is 29.1. The third kappa shape index (κ3) is 9.97. The van der Waals surface area contributed by atoms with E-state index in [1.54, 1.807) is 50.2 Å². The number of piperidine rings is 2. The normalized spacial score (nSPS) is 16.0. The van der Waals surface area contributed by atoms with Crippen molar-refractivity contribution in [3.05, 3.63) is 126 Å². The summed E-state index contributed by atoms with van der Waals surface area (Å²) >= 11 is 4.64. The molecule has 0 saturated carbocycles. The standard InChI is InChI=1S/C22H25N5O3.C20H23N5O2.C2H3ClO.CH4/c1-13-14(2)23-20-12-18(25-27(20)21(13)29)19-10-6-7-11-26(19)22(30)16-8-4-5-9-17(16)24-15(3)28;1-12-13(2)22-18-11-16(23-25(18)19(12)26)17-9-5-6-10-24(17)20(27)14-7-3-4-8-15(14)21;1-2(3)4;/h4-5,8-9,12,19,25H,6-7,10-11H2,1-3H3,(H,24,28);3-4,7-8,11,17,23H,5-6,9-10,21H2,1-2H3;1H3;1H4/t19-;17-;;/m00../s1. The van der Waals surface area contributed by atoms with Gasteiger partial charge in [-0.25, -0.2) is 19.0 Å². The predicted octanol–water partition coefficient (Wildman–Crippen LogP) is 6.96. The number of rotatable bonds is 5. The Morgan fingerprint density at radius 2 is 1.11 bits per heavy atom. The van der Waals surface area contributed by atoms with Crippen LogP contribution in [-0.2, 0) is 9.59 Å². The molecule has 6 aromatic rings. The van der Waals surface area contributed by atoms with E-state index < -0.39 is 0 Å². The van der Waals surface area contributed by atoms with Gasteiger partial charge in [-0.05, 0) is 102 Å². The Kier molecular flexibility index (Phi) is 14.9. The zero-order valence-corrected chi connectivity index (χ0v) is 35.9. The maximum absolute atomic E-state index is 13.5. The van der Waals surface area contributed by atoms with Gasteiger partial charge in [0.05, 0.1) is 40.3 Å². The molecule has 2 aliphatic rings. The molecule has 6 heterocycles. The van der Waals surface area contributed by atoms with Crippen LogP contribution in [0, 0.1) is 27.7 Å². The molecule has 0 aliphatic carbocycles. The van der Waals surface area contributed by atoms with Crippen LogP contribution in [-0.4, -0.2) is 75.0 Å². The fourth-order valence-corrected chi connectivity index (χ4v) is 7.78. The van der Waals surface area contributed by atoms with Crippen molar-refractivity contribution in [2.45, 2.75) is 99.6 Å². The smallest absolute Gasteiger partial charge is 0.275 e. The van der Waals surface area contributed by atoms with E-state index in [1.807, 2.05) is 47.9 Å². The first-order valence-electron chi connectivity index (χ1n) is 20.2. The zero-order valence-electron chi connectivity index (χ0n) is 35.2. The molecule has 62 heavy (non-hydrogen) atoms. The molecule has 2 aromatic carbocycles. The number of aryl methyl sites for hydroxylation is 2. The highest BCUT2D eigenvalue weighted by molar-refractivity contribution is 6.62. The summed E-state index contributed by atoms with van der Waals surface area (Å²) in [5.74, 6) is -0.447. The molecule has 0 unspecified atom stereocenters. The Morgan fingerprint density at radius 3 is 1.56 bits per heavy atom. The van der Waals surface area contributed by atoms with E-state index in [-0.39, 0.29) is 53.6 Å². The van der Waals surface area contributed by atoms with Crippen molar-refractivity contribution in [3.63, 3.8) is 0 Å². The van der Waals surface area contributed by atoms with E-state index in [1.165, 1.54) is 22.9 Å². The number of nitrogens with two attached hydrogens (primary N) is 1. The van der Waals surface area contributed by atoms with Gasteiger partial charge in [-0.1, -0.05) is 31.7 Å². The number of carbonyl (C=O) groups excluding carboxylic acids is 4. The van der Waals surface area contributed by atoms with Gasteiger partial charge in [-0.2, -0.15) is 0 Å². The number of hydrogen-bond donors (Lipinski definition) is 4. The lowest BCUT2D eigenvalue weighted by molar-refractivity contribution is -0.114. The number of carbonyl (C=O) groups is 4. The van der Waals surface area contributed by atoms with Crippen molar-refractivity contribution < 1.29 is 19.2 Å². The molecule has 16 nitrogen and oxygen atoms in total. The third-order valence-corrected chi connectivity index (χ3v) is 11.1. The van der Waals surface area contributed by atoms with Gasteiger partial charge in [0.15, 0.2) is 11.3 Å². The molecule has 8 rings (SSSR count). The van der Waals surface area contributed by atoms with Crippen LogP contribution in [0.4, 0.5) is 11.4 Å². The maximum Gasteiger partial charge on any atom is 0.275 e. The largest absolute Gasteiger partial charge is 0.398 e. The van der Waals surface area contributed by atoms with Crippen molar-refractivity contribution in [2.24, 2.45) is 0 Å². The minimum atomic E-state index is -0.361. The van der Waals surface area contributed by atoms with E-state index in [2.05, 4.69) is 37.1 Å². The molecule has 0 radical (unpaired) electrons. The molecule has 2 saturated heterocycles. The van der Waals surface area contributed by atoms with Gasteiger partial charge in [-0.3, -0.25) is 39.0 Å². The van der Waals surface area contributed by atoms with Crippen LogP contribution in [0.25, 0.3) is 11.3 Å². The number of hydrogen-bond acceptors (Lipinski definition) is 9. The first-order valence-corrected chi connectivity index (χ1v) is 20.6. The summed E-state index contributed by atoms with van der Waals surface area (Å²) in [6.45, 7) is 11.2. The second-order valence-electron chi connectivity index (χ2n) is 15.4. The van der Waals surface area contributed by atoms with Crippen LogP contribution in [0.15, 0.2) is 70.3 Å². The molecule has 2 atom stereocenters. The quantitative estimate of drug-likeness (QED) is 0.104. The van der Waals surface area contributed by atoms with Gasteiger partial charge >= 0.3 is 0 Å². The number of nitrogens with one attached hydrogen (secondary N) is 3. The lowest BCUT2D eigenvalue weighted by Crippen LogP contribution is -2.39. The molecule has 4 aromatic heterocycles. The lowest BCUT2D eigenvalue weighted by atomic mass is 9.98. The topological polar surface area (TPSA) is 213 Å². The van der Waals surface area contributed by atoms with Gasteiger partial charge in [0.1, 0.15) is 0 Å². The van der Waals surface area contributed by atoms with Crippen LogP contribution < -0.4 is 22.2 Å². The van der Waals surface area contributed by atoms with Gasteiger partial charge in [0.25, 0.3) is 22.9 Å². The number of H-pyrrole nitrogens is 2. The molecule has 0 bridgehead atoms. The van der Waals surface area contributed by atoms with E-state index in [0.29, 0.717) is 63.7 Å². The van der Waals surface area contributed by atoms with Crippen LogP contribution >= 0.6 is 11.6 Å². The molecular weight excluding hydrogens is 812 g/mol. The minimum Gasteiger partial charge on any atom is -0.398 e. The Labute approximate surface area is 364 Å². The van der Waals surface area contributed by atoms with Gasteiger partial charge in [-0.15, -0.1) is 0 Å². The Morgan fingerprint density at radius 1 is 0.694 bits per heavy atom. The Balaban J connectivity index is 0.000000213. The summed E-state index contributed by atoms with van der Waals surface area (Å²) in [4.78, 5) is 85.2. The Hall–Kier alpha value is -6.55. The number of benzene rings is 2. The molecule has 2 aliphatic heterocycles. The fraction of sp³-hybridized carbons (Fsp3) is 0.378. The SMILES string of the molecule is C.CC(=O)Cl.CC(=O)Nc1ccccc1C(=O)N1CCCC[C@H]1c1cc2nc(C)c(C)c(=O)n2[nH]1.Cc1nc2cc([C@@H]3CCCCN3C(=O)c3ccccc3N)[nH]n2c(=O)c1C. The van der Waals surface area contributed by atoms with E-state index in [9.17, 15) is 28.8 Å². The molecule has 328 valence electrons. The highest BCUT2D eigenvalue weighted by Gasteiger charge is 2.33. The number of aromatic nitrogens is 6. The number of nitrogen functional groups attached to an aromatic ring is 1. The number of amides is 3. The van der Waals surface area contributed by atoms with Crippen molar-refractivity contribution in [3.8, 4) is 0 Å². The number of likely N-dealkylation sites (tertiary alicyclic amines) is 2. The monoisotopic (exact) mass is 866 g/mol. The number of nitrogens with zero attached hydrogens (tertiary/aromatic N) is 6. The van der Waals surface area contributed by atoms with E-state index in [4.69, 9.17) is 5.73 Å². The van der Waals surface area contributed by atoms with Crippen LogP contribution in [0.3, 0.4) is 0 Å². The fourth-order valence-electron chi connectivity index (χ4n) is 7.78. The molecular formula is C45H55ClN10O6. The summed E-state index contributed by atoms with van der Waals surface area (Å²) in [5, 5.41) is 8.71. The average Bonchev–Trinajstić information content (AvgIpc) is 3.87. The van der Waals surface area contributed by atoms with Gasteiger partial charge < -0.3 is 20.9 Å². The summed E-state index contributed by atoms with van der Waals surface area (Å²) in [5.41, 5.74) is 13.1. The maximum atomic E-state index is 13.5. The van der Waals surface area contributed by atoms with Crippen molar-refractivity contribution in [1.82, 2.24) is 39.0 Å². The van der Waals surface area contributed by atoms with E-state index in [0.717, 1.165) is 55.6 Å². The number of halogens is 1. The highest BCUT2D eigenvalue weighted by Crippen LogP contribution is 2.34. The number of para-hydroxylation sites is 2. The second kappa shape index (κ2) is 19.9. The molecule has 0 spiro atoms. The second-order valence-corrected chi connectivity index (χ2v) is 15.9. The van der Waals surface area contributed by atoms with Crippen LogP contribution in [0.5, 0.6) is 0 Å². The molecule has 3 amide bonds. The van der Waals surface area contributed by atoms with Crippen LogP contribution in [0.2, 0.25) is 0 Å². The van der Waals surface area contributed by atoms with Crippen LogP contribution in [0.1, 0.15) is 127 Å². The number of fused-ring (bicyclic) bond motifs is 2. The van der Waals surface area contributed by atoms with E-state index >= 15 is 0 Å². The number of anilines is 2. The number of aromatic amines is 2. The molecule has 2 fully saturated rings. The van der Waals surface area contributed by atoms with Gasteiger partial charge in [0.2, 0.25) is 11.1 Å². The van der Waals surface area contributed by atoms with Gasteiger partial charge in [0, 0.05) is 67.3 Å². The predicted molar refractivity (Wildman–Crippen MR) is 241 cm³/mol. The summed E-state index contributed by atoms with van der Waals surface area (Å²) < 4.78 is 2.91.